The molecule has 0 amide bonds. The summed E-state index contributed by atoms with van der Waals surface area (Å²) < 4.78 is 12.4. The number of para-hydroxylation sites is 1. The molecule has 7 heteroatoms. The van der Waals surface area contributed by atoms with E-state index in [-0.39, 0.29) is 7.69 Å². The number of nitrogens with zero attached hydrogens (tertiary/aromatic N) is 1. The van der Waals surface area contributed by atoms with Crippen LogP contribution in [0.1, 0.15) is 0 Å². The summed E-state index contributed by atoms with van der Waals surface area (Å²) in [6, 6.07) is 5.00. The van der Waals surface area contributed by atoms with Crippen LogP contribution >= 0.6 is 0 Å². The fourth-order valence-corrected chi connectivity index (χ4v) is 0.600. The van der Waals surface area contributed by atoms with E-state index in [1.807, 2.05) is 0 Å². The number of benzene rings is 1. The van der Waals surface area contributed by atoms with Crippen molar-refractivity contribution in [2.24, 2.45) is 0 Å². The lowest BCUT2D eigenvalue weighted by Crippen LogP contribution is -1.90. The van der Waals surface area contributed by atoms with Crippen LogP contribution in [0.5, 0.6) is 0 Å². The van der Waals surface area contributed by atoms with E-state index in [9.17, 15) is 14.5 Å². The SMILES string of the molecule is O=[N+]([O-])c1ccccc1F.O[B]O. The molecule has 0 heterocycles. The van der Waals surface area contributed by atoms with Crippen molar-refractivity contribution < 1.29 is 19.4 Å². The molecule has 0 saturated carbocycles. The molecule has 0 fully saturated rings. The lowest BCUT2D eigenvalue weighted by Gasteiger charge is -1.89. The van der Waals surface area contributed by atoms with E-state index in [4.69, 9.17) is 10.0 Å². The van der Waals surface area contributed by atoms with Gasteiger partial charge >= 0.3 is 13.4 Å². The minimum atomic E-state index is -0.799. The van der Waals surface area contributed by atoms with Crippen LogP contribution < -0.4 is 0 Å². The quantitative estimate of drug-likeness (QED) is 0.373. The first-order valence-corrected chi connectivity index (χ1v) is 3.12. The number of rotatable bonds is 1. The van der Waals surface area contributed by atoms with Crippen LogP contribution in [0.15, 0.2) is 24.3 Å². The Balaban J connectivity index is 0.000000424. The minimum Gasteiger partial charge on any atom is -0.429 e. The highest BCUT2D eigenvalue weighted by Crippen LogP contribution is 2.14. The Bertz CT molecular complexity index is 283. The standard InChI is InChI=1S/C6H4FNO2.BH2O2/c7-5-3-1-2-4-6(5)8(9)10;2-1-3/h1-4H;2-3H. The lowest BCUT2D eigenvalue weighted by molar-refractivity contribution is -0.387. The second-order valence-electron chi connectivity index (χ2n) is 1.82. The molecule has 1 rings (SSSR count). The summed E-state index contributed by atoms with van der Waals surface area (Å²) in [5, 5.41) is 24.0. The van der Waals surface area contributed by atoms with E-state index in [0.29, 0.717) is 0 Å². The number of hydrogen-bond acceptors (Lipinski definition) is 4. The molecule has 0 spiro atoms. The first kappa shape index (κ1) is 11.5. The van der Waals surface area contributed by atoms with Crippen molar-refractivity contribution in [3.05, 3.63) is 40.2 Å². The predicted molar refractivity (Wildman–Crippen MR) is 43.2 cm³/mol. The van der Waals surface area contributed by atoms with Gasteiger partial charge in [-0.2, -0.15) is 4.39 Å². The zero-order valence-corrected chi connectivity index (χ0v) is 6.42. The normalized spacial score (nSPS) is 8.23. The van der Waals surface area contributed by atoms with Gasteiger partial charge in [-0.1, -0.05) is 12.1 Å². The van der Waals surface area contributed by atoms with Crippen molar-refractivity contribution in [3.8, 4) is 0 Å². The molecular weight excluding hydrogens is 180 g/mol. The molecule has 0 saturated heterocycles. The molecule has 69 valence electrons. The van der Waals surface area contributed by atoms with Crippen LogP contribution in [0.4, 0.5) is 10.1 Å². The molecule has 0 atom stereocenters. The number of nitro groups is 1. The van der Waals surface area contributed by atoms with Crippen molar-refractivity contribution >= 4 is 13.4 Å². The van der Waals surface area contributed by atoms with Crippen molar-refractivity contribution in [1.82, 2.24) is 0 Å². The first-order valence-electron chi connectivity index (χ1n) is 3.12. The lowest BCUT2D eigenvalue weighted by atomic mass is 10.3. The minimum absolute atomic E-state index is 0. The molecule has 0 unspecified atom stereocenters. The van der Waals surface area contributed by atoms with Gasteiger partial charge in [-0.15, -0.1) is 0 Å². The van der Waals surface area contributed by atoms with E-state index in [1.165, 1.54) is 12.1 Å². The third kappa shape index (κ3) is 4.19. The Morgan fingerprint density at radius 2 is 1.85 bits per heavy atom. The third-order valence-corrected chi connectivity index (χ3v) is 1.05. The summed E-state index contributed by atoms with van der Waals surface area (Å²) in [6.45, 7) is 0. The summed E-state index contributed by atoms with van der Waals surface area (Å²) in [4.78, 5) is 9.23. The van der Waals surface area contributed by atoms with Gasteiger partial charge in [0, 0.05) is 6.07 Å². The molecule has 13 heavy (non-hydrogen) atoms. The fraction of sp³-hybridized carbons (Fsp3) is 0. The highest BCUT2D eigenvalue weighted by atomic mass is 19.1. The molecule has 0 aliphatic heterocycles. The average Bonchev–Trinajstić information content (AvgIpc) is 2.06. The molecule has 0 bridgehead atoms. The Labute approximate surface area is 73.9 Å². The van der Waals surface area contributed by atoms with Gasteiger partial charge < -0.3 is 10.0 Å². The second kappa shape index (κ2) is 6.10. The van der Waals surface area contributed by atoms with Crippen LogP contribution in [-0.2, 0) is 0 Å². The summed E-state index contributed by atoms with van der Waals surface area (Å²) in [6.07, 6.45) is 0. The molecule has 1 aromatic rings. The van der Waals surface area contributed by atoms with Gasteiger partial charge in [-0.25, -0.2) is 0 Å². The zero-order valence-electron chi connectivity index (χ0n) is 6.42. The average molecular weight is 186 g/mol. The Morgan fingerprint density at radius 3 is 2.15 bits per heavy atom. The van der Waals surface area contributed by atoms with Gasteiger partial charge in [0.25, 0.3) is 0 Å². The first-order chi connectivity index (χ1) is 6.13. The smallest absolute Gasteiger partial charge is 0.429 e. The van der Waals surface area contributed by atoms with E-state index in [2.05, 4.69) is 0 Å². The van der Waals surface area contributed by atoms with Gasteiger partial charge in [-0.05, 0) is 6.07 Å². The molecule has 0 aliphatic carbocycles. The van der Waals surface area contributed by atoms with Gasteiger partial charge in [0.2, 0.25) is 5.82 Å². The van der Waals surface area contributed by atoms with E-state index >= 15 is 0 Å². The summed E-state index contributed by atoms with van der Waals surface area (Å²) in [5.74, 6) is -0.799. The van der Waals surface area contributed by atoms with Gasteiger partial charge in [-0.3, -0.25) is 10.1 Å². The Kier molecular flexibility index (Phi) is 5.41. The number of hydrogen-bond donors (Lipinski definition) is 2. The van der Waals surface area contributed by atoms with Crippen LogP contribution in [0.2, 0.25) is 0 Å². The van der Waals surface area contributed by atoms with Gasteiger partial charge in [0.1, 0.15) is 0 Å². The highest BCUT2D eigenvalue weighted by molar-refractivity contribution is 6.13. The van der Waals surface area contributed by atoms with Gasteiger partial charge in [0.05, 0.1) is 4.92 Å². The molecule has 1 radical (unpaired) electrons. The maximum atomic E-state index is 12.4. The summed E-state index contributed by atoms with van der Waals surface area (Å²) in [7, 11) is 0. The van der Waals surface area contributed by atoms with E-state index in [1.54, 1.807) is 0 Å². The predicted octanol–water partition coefficient (Wildman–Crippen LogP) is 0.239. The molecule has 1 aromatic carbocycles. The van der Waals surface area contributed by atoms with E-state index < -0.39 is 16.4 Å². The number of nitro benzene ring substituents is 1. The van der Waals surface area contributed by atoms with Crippen LogP contribution in [0, 0.1) is 15.9 Å². The van der Waals surface area contributed by atoms with Crippen LogP contribution in [0.25, 0.3) is 0 Å². The van der Waals surface area contributed by atoms with Crippen molar-refractivity contribution in [2.75, 3.05) is 0 Å². The maximum absolute atomic E-state index is 12.4. The van der Waals surface area contributed by atoms with Crippen molar-refractivity contribution in [1.29, 1.82) is 0 Å². The maximum Gasteiger partial charge on any atom is 0.482 e. The Hall–Kier alpha value is -1.47. The topological polar surface area (TPSA) is 83.6 Å². The summed E-state index contributed by atoms with van der Waals surface area (Å²) >= 11 is 0. The molecular formula is C6H6BFNO4. The molecule has 0 aliphatic rings. The zero-order chi connectivity index (χ0) is 10.3. The second-order valence-corrected chi connectivity index (χ2v) is 1.82. The molecule has 2 N–H and O–H groups in total. The van der Waals surface area contributed by atoms with Crippen molar-refractivity contribution in [2.45, 2.75) is 0 Å². The highest BCUT2D eigenvalue weighted by Gasteiger charge is 2.09. The van der Waals surface area contributed by atoms with E-state index in [0.717, 1.165) is 12.1 Å². The van der Waals surface area contributed by atoms with Gasteiger partial charge in [0.15, 0.2) is 0 Å². The van der Waals surface area contributed by atoms with Crippen LogP contribution in [-0.4, -0.2) is 22.7 Å². The fourth-order valence-electron chi connectivity index (χ4n) is 0.600. The molecule has 5 nitrogen and oxygen atoms in total. The van der Waals surface area contributed by atoms with Crippen molar-refractivity contribution in [3.63, 3.8) is 0 Å². The largest absolute Gasteiger partial charge is 0.482 e. The number of halogens is 1. The molecule has 0 aromatic heterocycles. The monoisotopic (exact) mass is 186 g/mol. The Morgan fingerprint density at radius 1 is 1.38 bits per heavy atom. The summed E-state index contributed by atoms with van der Waals surface area (Å²) in [5.41, 5.74) is -0.484. The third-order valence-electron chi connectivity index (χ3n) is 1.05. The van der Waals surface area contributed by atoms with Crippen LogP contribution in [0.3, 0.4) is 0 Å².